The van der Waals surface area contributed by atoms with E-state index in [0.29, 0.717) is 17.8 Å². The second-order valence-corrected chi connectivity index (χ2v) is 4.08. The second-order valence-electron chi connectivity index (χ2n) is 4.08. The molecule has 0 spiro atoms. The molecule has 1 aliphatic carbocycles. The van der Waals surface area contributed by atoms with Gasteiger partial charge >= 0.3 is 5.97 Å². The molecular weight excluding hydrogens is 206 g/mol. The molecule has 0 amide bonds. The first-order valence-corrected chi connectivity index (χ1v) is 5.37. The van der Waals surface area contributed by atoms with Crippen molar-refractivity contribution in [2.75, 3.05) is 11.1 Å². The minimum Gasteiger partial charge on any atom is -0.478 e. The molecule has 86 valence electrons. The van der Waals surface area contributed by atoms with Crippen molar-refractivity contribution in [1.82, 2.24) is 4.98 Å². The fraction of sp³-hybridized carbons (Fsp3) is 0.455. The molecule has 0 radical (unpaired) electrons. The van der Waals surface area contributed by atoms with E-state index in [-0.39, 0.29) is 11.3 Å². The minimum absolute atomic E-state index is 0.103. The molecule has 1 aromatic heterocycles. The van der Waals surface area contributed by atoms with E-state index in [2.05, 4.69) is 17.2 Å². The quantitative estimate of drug-likeness (QED) is 0.718. The fourth-order valence-corrected chi connectivity index (χ4v) is 1.83. The summed E-state index contributed by atoms with van der Waals surface area (Å²) >= 11 is 0. The van der Waals surface area contributed by atoms with E-state index in [1.165, 1.54) is 12.3 Å². The predicted molar refractivity (Wildman–Crippen MR) is 61.4 cm³/mol. The van der Waals surface area contributed by atoms with Gasteiger partial charge in [0.15, 0.2) is 0 Å². The van der Waals surface area contributed by atoms with Crippen molar-refractivity contribution in [2.24, 2.45) is 5.92 Å². The first kappa shape index (κ1) is 10.7. The molecule has 1 heterocycles. The average Bonchev–Trinajstić information content (AvgIpc) is 2.99. The number of nitrogens with one attached hydrogen (secondary N) is 1. The molecule has 0 saturated heterocycles. The van der Waals surface area contributed by atoms with Crippen molar-refractivity contribution in [2.45, 2.75) is 25.8 Å². The number of anilines is 2. The summed E-state index contributed by atoms with van der Waals surface area (Å²) in [6.07, 6.45) is 3.69. The number of hydrogen-bond donors (Lipinski definition) is 3. The number of aromatic nitrogens is 1. The molecule has 5 nitrogen and oxygen atoms in total. The van der Waals surface area contributed by atoms with Crippen molar-refractivity contribution < 1.29 is 9.90 Å². The summed E-state index contributed by atoms with van der Waals surface area (Å²) in [6.45, 7) is 2.14. The molecule has 2 atom stereocenters. The summed E-state index contributed by atoms with van der Waals surface area (Å²) in [5.41, 5.74) is 6.06. The van der Waals surface area contributed by atoms with Gasteiger partial charge in [-0.3, -0.25) is 0 Å². The lowest BCUT2D eigenvalue weighted by Gasteiger charge is -2.09. The van der Waals surface area contributed by atoms with Gasteiger partial charge in [-0.2, -0.15) is 0 Å². The largest absolute Gasteiger partial charge is 0.478 e. The number of pyridine rings is 1. The minimum atomic E-state index is -1.02. The Morgan fingerprint density at radius 1 is 1.75 bits per heavy atom. The lowest BCUT2D eigenvalue weighted by Crippen LogP contribution is -2.11. The molecule has 2 rings (SSSR count). The Hall–Kier alpha value is -1.78. The standard InChI is InChI=1S/C11H15N3O2/c1-2-6-5-8(6)14-10-9(12)7(11(15)16)3-4-13-10/h3-4,6,8H,2,5,12H2,1H3,(H,13,14)(H,15,16). The van der Waals surface area contributed by atoms with Crippen LogP contribution in [-0.4, -0.2) is 22.1 Å². The average molecular weight is 221 g/mol. The molecule has 1 fully saturated rings. The van der Waals surface area contributed by atoms with Gasteiger partial charge in [-0.15, -0.1) is 0 Å². The maximum absolute atomic E-state index is 10.9. The van der Waals surface area contributed by atoms with Crippen LogP contribution in [0.4, 0.5) is 11.5 Å². The summed E-state index contributed by atoms with van der Waals surface area (Å²) in [6, 6.07) is 1.80. The van der Waals surface area contributed by atoms with Crippen molar-refractivity contribution in [1.29, 1.82) is 0 Å². The van der Waals surface area contributed by atoms with Gasteiger partial charge in [0.1, 0.15) is 5.82 Å². The van der Waals surface area contributed by atoms with Crippen LogP contribution in [0, 0.1) is 5.92 Å². The predicted octanol–water partition coefficient (Wildman–Crippen LogP) is 1.57. The molecule has 16 heavy (non-hydrogen) atoms. The molecule has 4 N–H and O–H groups in total. The van der Waals surface area contributed by atoms with E-state index >= 15 is 0 Å². The monoisotopic (exact) mass is 221 g/mol. The second kappa shape index (κ2) is 4.00. The van der Waals surface area contributed by atoms with Crippen LogP contribution in [-0.2, 0) is 0 Å². The molecule has 0 bridgehead atoms. The first-order valence-electron chi connectivity index (χ1n) is 5.37. The third-order valence-corrected chi connectivity index (χ3v) is 2.99. The van der Waals surface area contributed by atoms with E-state index in [4.69, 9.17) is 10.8 Å². The molecular formula is C11H15N3O2. The molecule has 1 saturated carbocycles. The SMILES string of the molecule is CCC1CC1Nc1nccc(C(=O)O)c1N. The van der Waals surface area contributed by atoms with Gasteiger partial charge in [0.05, 0.1) is 11.3 Å². The molecule has 2 unspecified atom stereocenters. The maximum atomic E-state index is 10.9. The van der Waals surface area contributed by atoms with Crippen molar-refractivity contribution in [3.63, 3.8) is 0 Å². The van der Waals surface area contributed by atoms with Gasteiger partial charge in [-0.25, -0.2) is 9.78 Å². The Balaban J connectivity index is 2.16. The van der Waals surface area contributed by atoms with E-state index in [1.54, 1.807) is 0 Å². The zero-order valence-corrected chi connectivity index (χ0v) is 9.10. The summed E-state index contributed by atoms with van der Waals surface area (Å²) in [5.74, 6) is 0.126. The van der Waals surface area contributed by atoms with E-state index in [9.17, 15) is 4.79 Å². The summed E-state index contributed by atoms with van der Waals surface area (Å²) in [7, 11) is 0. The van der Waals surface area contributed by atoms with E-state index < -0.39 is 5.97 Å². The van der Waals surface area contributed by atoms with Crippen LogP contribution in [0.2, 0.25) is 0 Å². The smallest absolute Gasteiger partial charge is 0.337 e. The molecule has 0 aromatic carbocycles. The van der Waals surface area contributed by atoms with Gasteiger partial charge < -0.3 is 16.2 Å². The Morgan fingerprint density at radius 2 is 2.50 bits per heavy atom. The molecule has 1 aromatic rings. The normalized spacial score (nSPS) is 22.8. The highest BCUT2D eigenvalue weighted by molar-refractivity contribution is 5.96. The first-order chi connectivity index (χ1) is 7.63. The number of carbonyl (C=O) groups is 1. The van der Waals surface area contributed by atoms with Crippen molar-refractivity contribution in [3.05, 3.63) is 17.8 Å². The van der Waals surface area contributed by atoms with Crippen LogP contribution in [0.25, 0.3) is 0 Å². The molecule has 1 aliphatic rings. The summed E-state index contributed by atoms with van der Waals surface area (Å²) in [5, 5.41) is 12.1. The van der Waals surface area contributed by atoms with Gasteiger partial charge in [-0.05, 0) is 18.4 Å². The third kappa shape index (κ3) is 1.93. The summed E-state index contributed by atoms with van der Waals surface area (Å²) in [4.78, 5) is 14.9. The zero-order valence-electron chi connectivity index (χ0n) is 9.10. The van der Waals surface area contributed by atoms with Gasteiger partial charge in [-0.1, -0.05) is 13.3 Å². The fourth-order valence-electron chi connectivity index (χ4n) is 1.83. The van der Waals surface area contributed by atoms with Crippen molar-refractivity contribution >= 4 is 17.5 Å². The van der Waals surface area contributed by atoms with Crippen LogP contribution >= 0.6 is 0 Å². The number of nitrogens with two attached hydrogens (primary N) is 1. The summed E-state index contributed by atoms with van der Waals surface area (Å²) < 4.78 is 0. The lowest BCUT2D eigenvalue weighted by molar-refractivity contribution is 0.0698. The number of carboxylic acid groups (broad SMARTS) is 1. The Morgan fingerprint density at radius 3 is 3.06 bits per heavy atom. The van der Waals surface area contributed by atoms with Gasteiger partial charge in [0.2, 0.25) is 0 Å². The van der Waals surface area contributed by atoms with Crippen molar-refractivity contribution in [3.8, 4) is 0 Å². The maximum Gasteiger partial charge on any atom is 0.337 e. The van der Waals surface area contributed by atoms with Gasteiger partial charge in [0.25, 0.3) is 0 Å². The van der Waals surface area contributed by atoms with E-state index in [1.807, 2.05) is 0 Å². The third-order valence-electron chi connectivity index (χ3n) is 2.99. The van der Waals surface area contributed by atoms with Crippen LogP contribution in [0.1, 0.15) is 30.1 Å². The highest BCUT2D eigenvalue weighted by Crippen LogP contribution is 2.37. The highest BCUT2D eigenvalue weighted by Gasteiger charge is 2.35. The number of aromatic carboxylic acids is 1. The number of rotatable bonds is 4. The number of carboxylic acids is 1. The van der Waals surface area contributed by atoms with Gasteiger partial charge in [0, 0.05) is 12.2 Å². The van der Waals surface area contributed by atoms with Crippen LogP contribution in [0.5, 0.6) is 0 Å². The zero-order chi connectivity index (χ0) is 11.7. The van der Waals surface area contributed by atoms with Crippen LogP contribution in [0.3, 0.4) is 0 Å². The number of nitrogen functional groups attached to an aromatic ring is 1. The lowest BCUT2D eigenvalue weighted by atomic mass is 10.2. The Kier molecular flexibility index (Phi) is 2.68. The number of hydrogen-bond acceptors (Lipinski definition) is 4. The highest BCUT2D eigenvalue weighted by atomic mass is 16.4. The molecule has 0 aliphatic heterocycles. The number of nitrogens with zero attached hydrogens (tertiary/aromatic N) is 1. The van der Waals surface area contributed by atoms with E-state index in [0.717, 1.165) is 12.8 Å². The molecule has 5 heteroatoms. The van der Waals surface area contributed by atoms with Crippen LogP contribution in [0.15, 0.2) is 12.3 Å². The topological polar surface area (TPSA) is 88.2 Å². The Labute approximate surface area is 93.7 Å². The Bertz CT molecular complexity index is 420. The van der Waals surface area contributed by atoms with Crippen LogP contribution < -0.4 is 11.1 Å².